The second kappa shape index (κ2) is 9.99. The zero-order chi connectivity index (χ0) is 18.2. The van der Waals surface area contributed by atoms with E-state index in [1.165, 1.54) is 18.0 Å². The number of alkyl halides is 1. The number of rotatable bonds is 8. The second-order valence-electron chi connectivity index (χ2n) is 5.19. The van der Waals surface area contributed by atoms with Crippen molar-refractivity contribution in [3.8, 4) is 0 Å². The summed E-state index contributed by atoms with van der Waals surface area (Å²) in [7, 11) is -4.35. The van der Waals surface area contributed by atoms with E-state index in [1.807, 2.05) is 0 Å². The summed E-state index contributed by atoms with van der Waals surface area (Å²) in [5.41, 5.74) is 0. The lowest BCUT2D eigenvalue weighted by Crippen LogP contribution is -2.49. The highest BCUT2D eigenvalue weighted by Crippen LogP contribution is 2.11. The van der Waals surface area contributed by atoms with E-state index >= 15 is 0 Å². The molecule has 0 aromatic heterocycles. The van der Waals surface area contributed by atoms with Crippen LogP contribution in [0.25, 0.3) is 0 Å². The molecule has 0 aliphatic carbocycles. The van der Waals surface area contributed by atoms with E-state index < -0.39 is 35.4 Å². The Morgan fingerprint density at radius 3 is 2.42 bits per heavy atom. The summed E-state index contributed by atoms with van der Waals surface area (Å²) < 4.78 is 37.0. The Bertz CT molecular complexity index is 552. The minimum absolute atomic E-state index is 0.146. The topological polar surface area (TPSA) is 125 Å². The van der Waals surface area contributed by atoms with Crippen LogP contribution in [0.5, 0.6) is 0 Å². The van der Waals surface area contributed by atoms with E-state index in [9.17, 15) is 18.0 Å². The molecule has 0 aromatic carbocycles. The minimum atomic E-state index is -4.35. The van der Waals surface area contributed by atoms with Crippen molar-refractivity contribution in [2.45, 2.75) is 25.3 Å². The van der Waals surface area contributed by atoms with Gasteiger partial charge in [-0.15, -0.1) is 11.6 Å². The number of allylic oxidation sites excluding steroid dienone is 1. The summed E-state index contributed by atoms with van der Waals surface area (Å²) >= 11 is 5.57. The van der Waals surface area contributed by atoms with Crippen molar-refractivity contribution in [3.05, 3.63) is 12.2 Å². The van der Waals surface area contributed by atoms with Gasteiger partial charge in [-0.25, -0.2) is 5.14 Å². The first-order valence-corrected chi connectivity index (χ1v) is 9.23. The fourth-order valence-corrected chi connectivity index (χ4v) is 2.55. The molecular weight excluding hydrogens is 362 g/mol. The Morgan fingerprint density at radius 1 is 1.33 bits per heavy atom. The van der Waals surface area contributed by atoms with Gasteiger partial charge in [0.1, 0.15) is 0 Å². The Morgan fingerprint density at radius 2 is 1.92 bits per heavy atom. The normalized spacial score (nSPS) is 18.9. The van der Waals surface area contributed by atoms with Gasteiger partial charge in [-0.2, -0.15) is 8.42 Å². The number of nitrogens with zero attached hydrogens (tertiary/aromatic N) is 1. The lowest BCUT2D eigenvalue weighted by atomic mass is 9.80. The molecule has 2 N–H and O–H groups in total. The number of carbonyl (C=O) groups is 2. The van der Waals surface area contributed by atoms with Gasteiger partial charge in [0.2, 0.25) is 0 Å². The molecule has 9 nitrogen and oxygen atoms in total. The van der Waals surface area contributed by atoms with Crippen molar-refractivity contribution in [3.63, 3.8) is 0 Å². The molecule has 1 fully saturated rings. The van der Waals surface area contributed by atoms with Crippen LogP contribution in [-0.4, -0.2) is 64.4 Å². The Balaban J connectivity index is 2.85. The van der Waals surface area contributed by atoms with Gasteiger partial charge in [-0.3, -0.25) is 18.7 Å². The van der Waals surface area contributed by atoms with Gasteiger partial charge in [-0.1, -0.05) is 12.2 Å². The number of unbranched alkanes of at least 4 members (excludes halogenated alkanes) is 2. The average molecular weight is 383 g/mol. The molecule has 1 saturated heterocycles. The molecule has 1 rings (SSSR count). The van der Waals surface area contributed by atoms with E-state index in [0.717, 1.165) is 12.8 Å². The molecule has 1 unspecified atom stereocenters. The van der Waals surface area contributed by atoms with Crippen LogP contribution >= 0.6 is 11.6 Å². The van der Waals surface area contributed by atoms with Crippen molar-refractivity contribution in [1.29, 1.82) is 0 Å². The summed E-state index contributed by atoms with van der Waals surface area (Å²) in [6.07, 6.45) is 5.10. The van der Waals surface area contributed by atoms with Gasteiger partial charge in [0, 0.05) is 5.88 Å². The average Bonchev–Trinajstić information content (AvgIpc) is 2.42. The lowest BCUT2D eigenvalue weighted by molar-refractivity contribution is -0.146. The number of hydrogen-bond donors (Lipinski definition) is 1. The Labute approximate surface area is 146 Å². The van der Waals surface area contributed by atoms with Crippen LogP contribution < -0.4 is 5.14 Å². The van der Waals surface area contributed by atoms with Crippen LogP contribution in [0.3, 0.4) is 0 Å². The lowest BCUT2D eigenvalue weighted by Gasteiger charge is -2.25. The highest BCUT2D eigenvalue weighted by Gasteiger charge is 2.41. The molecule has 0 aromatic rings. The first kappa shape index (κ1) is 20.9. The van der Waals surface area contributed by atoms with Crippen LogP contribution in [0.15, 0.2) is 12.2 Å². The quantitative estimate of drug-likeness (QED) is 0.260. The van der Waals surface area contributed by atoms with Crippen molar-refractivity contribution in [1.82, 2.24) is 4.90 Å². The molecule has 1 atom stereocenters. The molecule has 136 valence electrons. The van der Waals surface area contributed by atoms with Crippen LogP contribution in [0.2, 0.25) is 0 Å². The molecule has 0 saturated carbocycles. The van der Waals surface area contributed by atoms with E-state index in [4.69, 9.17) is 26.0 Å². The standard InChI is InChI=1S/C12H20BClN2O7S/c1-16-8-11(17)21-13(22-12(18)9-16)10(23-24(15,19)20)6-4-2-3-5-7-14/h4,6,10H,2-3,5,7-9H2,1H3,(H2,15,19,20)/b6-4+. The van der Waals surface area contributed by atoms with E-state index in [0.29, 0.717) is 12.3 Å². The fourth-order valence-electron chi connectivity index (χ4n) is 1.90. The number of likely N-dealkylation sites (N-methyl/N-ethyl adjacent to an activating group) is 1. The number of hydrogen-bond acceptors (Lipinski definition) is 8. The van der Waals surface area contributed by atoms with Gasteiger partial charge in [0.25, 0.3) is 0 Å². The molecule has 1 aliphatic rings. The summed E-state index contributed by atoms with van der Waals surface area (Å²) in [5.74, 6) is -0.863. The SMILES string of the molecule is CN1CC(=O)OB(C(/C=C/CCCCCl)OS(N)(=O)=O)OC(=O)C1. The largest absolute Gasteiger partial charge is 0.635 e. The molecule has 0 bridgehead atoms. The maximum atomic E-state index is 11.7. The predicted octanol–water partition coefficient (Wildman–Crippen LogP) is -0.400. The maximum absolute atomic E-state index is 11.7. The molecule has 0 amide bonds. The third-order valence-corrected chi connectivity index (χ3v) is 3.64. The van der Waals surface area contributed by atoms with Crippen molar-refractivity contribution in [2.75, 3.05) is 26.0 Å². The zero-order valence-electron chi connectivity index (χ0n) is 13.2. The maximum Gasteiger partial charge on any atom is 0.635 e. The second-order valence-corrected chi connectivity index (χ2v) is 6.74. The third kappa shape index (κ3) is 8.64. The molecule has 24 heavy (non-hydrogen) atoms. The summed E-state index contributed by atoms with van der Waals surface area (Å²) in [5, 5.41) is 4.87. The molecule has 0 spiro atoms. The molecule has 1 aliphatic heterocycles. The first-order valence-electron chi connectivity index (χ1n) is 7.22. The minimum Gasteiger partial charge on any atom is -0.496 e. The Hall–Kier alpha value is -1.14. The van der Waals surface area contributed by atoms with E-state index in [1.54, 1.807) is 6.08 Å². The van der Waals surface area contributed by atoms with Crippen LogP contribution in [0.1, 0.15) is 19.3 Å². The zero-order valence-corrected chi connectivity index (χ0v) is 14.8. The number of halogens is 1. The monoisotopic (exact) mass is 382 g/mol. The van der Waals surface area contributed by atoms with Gasteiger partial charge < -0.3 is 9.31 Å². The van der Waals surface area contributed by atoms with Gasteiger partial charge in [-0.05, 0) is 26.3 Å². The smallest absolute Gasteiger partial charge is 0.496 e. The predicted molar refractivity (Wildman–Crippen MR) is 87.1 cm³/mol. The van der Waals surface area contributed by atoms with Crippen LogP contribution in [-0.2, 0) is 33.4 Å². The summed E-state index contributed by atoms with van der Waals surface area (Å²) in [4.78, 5) is 24.8. The molecule has 12 heteroatoms. The van der Waals surface area contributed by atoms with E-state index in [2.05, 4.69) is 4.18 Å². The van der Waals surface area contributed by atoms with E-state index in [-0.39, 0.29) is 13.1 Å². The summed E-state index contributed by atoms with van der Waals surface area (Å²) in [6, 6.07) is -1.37. The Kier molecular flexibility index (Phi) is 8.70. The van der Waals surface area contributed by atoms with Crippen LogP contribution in [0, 0.1) is 0 Å². The summed E-state index contributed by atoms with van der Waals surface area (Å²) in [6.45, 7) is -0.291. The molecule has 1 heterocycles. The first-order chi connectivity index (χ1) is 11.2. The third-order valence-electron chi connectivity index (χ3n) is 2.89. The van der Waals surface area contributed by atoms with Crippen molar-refractivity contribution < 1.29 is 31.5 Å². The highest BCUT2D eigenvalue weighted by molar-refractivity contribution is 7.84. The van der Waals surface area contributed by atoms with Gasteiger partial charge in [0.05, 0.1) is 13.1 Å². The van der Waals surface area contributed by atoms with Crippen LogP contribution in [0.4, 0.5) is 0 Å². The van der Waals surface area contributed by atoms with Crippen molar-refractivity contribution >= 4 is 41.0 Å². The highest BCUT2D eigenvalue weighted by atomic mass is 35.5. The van der Waals surface area contributed by atoms with Gasteiger partial charge in [0.15, 0.2) is 6.00 Å². The number of carbonyl (C=O) groups excluding carboxylic acids is 2. The molecular formula is C12H20BClN2O7S. The number of nitrogens with two attached hydrogens (primary N) is 1. The fraction of sp³-hybridized carbons (Fsp3) is 0.667. The molecule has 0 radical (unpaired) electrons. The van der Waals surface area contributed by atoms with Crippen molar-refractivity contribution in [2.24, 2.45) is 5.14 Å². The van der Waals surface area contributed by atoms with Gasteiger partial charge >= 0.3 is 29.4 Å².